The molecule has 0 aliphatic carbocycles. The van der Waals surface area contributed by atoms with Crippen molar-refractivity contribution in [2.24, 2.45) is 0 Å². The van der Waals surface area contributed by atoms with Crippen LogP contribution in [0.2, 0.25) is 0 Å². The molecule has 0 spiro atoms. The van der Waals surface area contributed by atoms with E-state index in [1.54, 1.807) is 0 Å². The van der Waals surface area contributed by atoms with Crippen molar-refractivity contribution < 1.29 is 0 Å². The Morgan fingerprint density at radius 2 is 0.533 bits per heavy atom. The lowest BCUT2D eigenvalue weighted by molar-refractivity contribution is 1.02. The summed E-state index contributed by atoms with van der Waals surface area (Å²) in [5, 5.41) is 22.5. The van der Waals surface area contributed by atoms with Gasteiger partial charge in [0, 0.05) is 33.8 Å². The molecule has 0 aliphatic rings. The average molecular weight is 589 g/mol. The van der Waals surface area contributed by atoms with Gasteiger partial charge in [0.1, 0.15) is 0 Å². The quantitative estimate of drug-likeness (QED) is 0.181. The number of hydrogen-bond acceptors (Lipinski definition) is 3. The molecule has 0 unspecified atom stereocenters. The van der Waals surface area contributed by atoms with Crippen molar-refractivity contribution in [2.75, 3.05) is 0 Å². The van der Waals surface area contributed by atoms with E-state index in [1.807, 2.05) is 20.8 Å². The third-order valence-electron chi connectivity index (χ3n) is 8.84. The van der Waals surface area contributed by atoms with Crippen molar-refractivity contribution in [3.05, 3.63) is 125 Å². The molecule has 3 heterocycles. The van der Waals surface area contributed by atoms with Crippen LogP contribution >= 0.6 is 0 Å². The Morgan fingerprint density at radius 3 is 0.733 bits per heavy atom. The molecule has 7 rings (SSSR count). The lowest BCUT2D eigenvalue weighted by Crippen LogP contribution is -1.89. The van der Waals surface area contributed by atoms with E-state index in [1.165, 1.54) is 66.8 Å². The summed E-state index contributed by atoms with van der Waals surface area (Å²) in [4.78, 5) is 0. The second kappa shape index (κ2) is 11.2. The largest absolute Gasteiger partial charge is 0.282 e. The van der Waals surface area contributed by atoms with Gasteiger partial charge in [0.2, 0.25) is 0 Å². The first kappa shape index (κ1) is 28.3. The second-order valence-electron chi connectivity index (χ2n) is 12.0. The fourth-order valence-electron chi connectivity index (χ4n) is 6.54. The van der Waals surface area contributed by atoms with E-state index in [-0.39, 0.29) is 0 Å². The summed E-state index contributed by atoms with van der Waals surface area (Å²) < 4.78 is 0. The van der Waals surface area contributed by atoms with Crippen molar-refractivity contribution in [2.45, 2.75) is 41.5 Å². The lowest BCUT2D eigenvalue weighted by atomic mass is 9.91. The number of aryl methyl sites for hydroxylation is 6. The van der Waals surface area contributed by atoms with Crippen LogP contribution in [0.15, 0.2) is 91.0 Å². The standard InChI is InChI=1S/C39H36N6/c1-22-37(23(2)41-40-22)31-13-7-28(8-14-31)34-19-35(29-9-15-32(16-10-29)38-24(3)42-43-25(38)4)21-36(20-34)30-11-17-33(18-12-30)39-26(5)44-45-27(39)6/h7-21H,1-6H3,(H,40,41)(H,42,43)(H,44,45). The Kier molecular flexibility index (Phi) is 7.05. The number of nitrogens with one attached hydrogen (secondary N) is 3. The summed E-state index contributed by atoms with van der Waals surface area (Å²) in [6.07, 6.45) is 0. The van der Waals surface area contributed by atoms with Crippen LogP contribution in [0.5, 0.6) is 0 Å². The van der Waals surface area contributed by atoms with Gasteiger partial charge in [-0.05, 0) is 110 Å². The first-order chi connectivity index (χ1) is 21.8. The number of aromatic amines is 3. The first-order valence-electron chi connectivity index (χ1n) is 15.3. The molecule has 0 saturated heterocycles. The predicted molar refractivity (Wildman–Crippen MR) is 184 cm³/mol. The predicted octanol–water partition coefficient (Wildman–Crippen LogP) is 9.71. The zero-order valence-electron chi connectivity index (χ0n) is 26.5. The van der Waals surface area contributed by atoms with Gasteiger partial charge in [0.15, 0.2) is 0 Å². The van der Waals surface area contributed by atoms with Gasteiger partial charge >= 0.3 is 0 Å². The van der Waals surface area contributed by atoms with Crippen LogP contribution in [-0.4, -0.2) is 30.6 Å². The molecule has 222 valence electrons. The summed E-state index contributed by atoms with van der Waals surface area (Å²) >= 11 is 0. The van der Waals surface area contributed by atoms with Gasteiger partial charge < -0.3 is 0 Å². The van der Waals surface area contributed by atoms with Gasteiger partial charge in [-0.1, -0.05) is 72.8 Å². The highest BCUT2D eigenvalue weighted by Crippen LogP contribution is 2.36. The summed E-state index contributed by atoms with van der Waals surface area (Å²) in [7, 11) is 0. The number of benzene rings is 4. The maximum Gasteiger partial charge on any atom is 0.0672 e. The Morgan fingerprint density at radius 1 is 0.311 bits per heavy atom. The minimum Gasteiger partial charge on any atom is -0.282 e. The van der Waals surface area contributed by atoms with E-state index in [0.29, 0.717) is 0 Å². The smallest absolute Gasteiger partial charge is 0.0672 e. The molecule has 3 N–H and O–H groups in total. The fourth-order valence-corrected chi connectivity index (χ4v) is 6.54. The summed E-state index contributed by atoms with van der Waals surface area (Å²) in [6.45, 7) is 12.3. The van der Waals surface area contributed by atoms with Crippen LogP contribution in [0.4, 0.5) is 0 Å². The molecule has 0 aliphatic heterocycles. The summed E-state index contributed by atoms with van der Waals surface area (Å²) in [5.74, 6) is 0. The van der Waals surface area contributed by atoms with E-state index in [9.17, 15) is 0 Å². The van der Waals surface area contributed by atoms with Gasteiger partial charge in [0.25, 0.3) is 0 Å². The summed E-state index contributed by atoms with van der Waals surface area (Å²) in [6, 6.07) is 33.3. The highest BCUT2D eigenvalue weighted by molar-refractivity contribution is 5.84. The monoisotopic (exact) mass is 588 g/mol. The van der Waals surface area contributed by atoms with E-state index in [2.05, 4.69) is 142 Å². The number of hydrogen-bond donors (Lipinski definition) is 3. The number of nitrogens with zero attached hydrogens (tertiary/aromatic N) is 3. The first-order valence-corrected chi connectivity index (χ1v) is 15.3. The van der Waals surface area contributed by atoms with Gasteiger partial charge in [-0.2, -0.15) is 15.3 Å². The van der Waals surface area contributed by atoms with Crippen molar-refractivity contribution in [3.8, 4) is 66.8 Å². The van der Waals surface area contributed by atoms with E-state index in [0.717, 1.165) is 34.2 Å². The fraction of sp³-hybridized carbons (Fsp3) is 0.154. The van der Waals surface area contributed by atoms with Crippen molar-refractivity contribution >= 4 is 0 Å². The van der Waals surface area contributed by atoms with E-state index >= 15 is 0 Å². The van der Waals surface area contributed by atoms with Gasteiger partial charge in [0.05, 0.1) is 17.1 Å². The maximum absolute atomic E-state index is 4.39. The van der Waals surface area contributed by atoms with Crippen LogP contribution in [0.3, 0.4) is 0 Å². The molecular weight excluding hydrogens is 552 g/mol. The molecule has 3 aromatic heterocycles. The zero-order valence-corrected chi connectivity index (χ0v) is 26.5. The van der Waals surface area contributed by atoms with Crippen LogP contribution in [0.25, 0.3) is 66.8 Å². The molecule has 6 heteroatoms. The van der Waals surface area contributed by atoms with Gasteiger partial charge in [-0.3, -0.25) is 15.3 Å². The molecule has 0 atom stereocenters. The minimum absolute atomic E-state index is 1.01. The molecule has 4 aromatic carbocycles. The molecular formula is C39H36N6. The molecule has 0 radical (unpaired) electrons. The molecule has 0 fully saturated rings. The van der Waals surface area contributed by atoms with Crippen LogP contribution in [0, 0.1) is 41.5 Å². The third-order valence-corrected chi connectivity index (χ3v) is 8.84. The highest BCUT2D eigenvalue weighted by Gasteiger charge is 2.14. The summed E-state index contributed by atoms with van der Waals surface area (Å²) in [5.41, 5.74) is 20.3. The van der Waals surface area contributed by atoms with E-state index in [4.69, 9.17) is 0 Å². The number of rotatable bonds is 6. The van der Waals surface area contributed by atoms with Crippen LogP contribution < -0.4 is 0 Å². The van der Waals surface area contributed by atoms with Crippen LogP contribution in [0.1, 0.15) is 34.2 Å². The molecule has 45 heavy (non-hydrogen) atoms. The molecule has 0 bridgehead atoms. The Balaban J connectivity index is 1.31. The second-order valence-corrected chi connectivity index (χ2v) is 12.0. The topological polar surface area (TPSA) is 86.0 Å². The number of H-pyrrole nitrogens is 3. The minimum atomic E-state index is 1.01. The normalized spacial score (nSPS) is 11.3. The van der Waals surface area contributed by atoms with E-state index < -0.39 is 0 Å². The van der Waals surface area contributed by atoms with Gasteiger partial charge in [-0.15, -0.1) is 0 Å². The SMILES string of the molecule is Cc1n[nH]c(C)c1-c1ccc(-c2cc(-c3ccc(-c4c(C)n[nH]c4C)cc3)cc(-c3ccc(-c4c(C)n[nH]c4C)cc3)c2)cc1. The zero-order chi connectivity index (χ0) is 31.2. The molecule has 7 aromatic rings. The lowest BCUT2D eigenvalue weighted by Gasteiger charge is -2.13. The Bertz CT molecular complexity index is 1820. The third kappa shape index (κ3) is 5.18. The van der Waals surface area contributed by atoms with Crippen LogP contribution in [-0.2, 0) is 0 Å². The van der Waals surface area contributed by atoms with Gasteiger partial charge in [-0.25, -0.2) is 0 Å². The Labute approximate surface area is 263 Å². The van der Waals surface area contributed by atoms with Crippen molar-refractivity contribution in [1.29, 1.82) is 0 Å². The molecule has 0 saturated carbocycles. The Hall–Kier alpha value is -5.49. The van der Waals surface area contributed by atoms with Crippen molar-refractivity contribution in [1.82, 2.24) is 30.6 Å². The average Bonchev–Trinajstić information content (AvgIpc) is 3.70. The number of aromatic nitrogens is 6. The maximum atomic E-state index is 4.39. The molecule has 0 amide bonds. The molecule has 6 nitrogen and oxygen atoms in total. The van der Waals surface area contributed by atoms with Crippen molar-refractivity contribution in [3.63, 3.8) is 0 Å². The highest BCUT2D eigenvalue weighted by atomic mass is 15.1.